The van der Waals surface area contributed by atoms with Crippen LogP contribution in [-0.4, -0.2) is 56.4 Å². The van der Waals surface area contributed by atoms with E-state index in [9.17, 15) is 26.7 Å². The zero-order chi connectivity index (χ0) is 27.8. The molecule has 2 aliphatic rings. The van der Waals surface area contributed by atoms with E-state index >= 15 is 0 Å². The molecule has 1 N–H and O–H groups in total. The number of pyridine rings is 1. The van der Waals surface area contributed by atoms with E-state index in [1.165, 1.54) is 22.1 Å². The van der Waals surface area contributed by atoms with Crippen molar-refractivity contribution in [2.45, 2.75) is 50.9 Å². The van der Waals surface area contributed by atoms with Gasteiger partial charge in [0.15, 0.2) is 11.6 Å². The smallest absolute Gasteiger partial charge is 0.436 e. The molecule has 2 aliphatic heterocycles. The number of alkyl halides is 5. The lowest BCUT2D eigenvalue weighted by Crippen LogP contribution is -2.35. The molecule has 0 radical (unpaired) electrons. The topological polar surface area (TPSA) is 109 Å². The Balaban J connectivity index is 1.31. The first-order valence-electron chi connectivity index (χ1n) is 12.1. The summed E-state index contributed by atoms with van der Waals surface area (Å²) in [5, 5.41) is 3.08. The number of ether oxygens (including phenoxy) is 1. The van der Waals surface area contributed by atoms with Crippen LogP contribution < -0.4 is 19.9 Å². The number of anilines is 3. The van der Waals surface area contributed by atoms with Crippen LogP contribution in [0.5, 0.6) is 11.6 Å². The monoisotopic (exact) mass is 550 g/mol. The van der Waals surface area contributed by atoms with E-state index in [-0.39, 0.29) is 30.5 Å². The lowest BCUT2D eigenvalue weighted by molar-refractivity contribution is -0.145. The lowest BCUT2D eigenvalue weighted by Gasteiger charge is -2.32. The average Bonchev–Trinajstić information content (AvgIpc) is 3.18. The molecule has 3 aromatic rings. The Morgan fingerprint density at radius 1 is 1.15 bits per heavy atom. The first-order valence-corrected chi connectivity index (χ1v) is 12.1. The van der Waals surface area contributed by atoms with E-state index in [1.807, 2.05) is 0 Å². The van der Waals surface area contributed by atoms with Crippen molar-refractivity contribution in [3.8, 4) is 11.6 Å². The zero-order valence-corrected chi connectivity index (χ0v) is 20.6. The van der Waals surface area contributed by atoms with Crippen molar-refractivity contribution >= 4 is 23.9 Å². The van der Waals surface area contributed by atoms with Crippen LogP contribution in [0.3, 0.4) is 0 Å². The quantitative estimate of drug-likeness (QED) is 0.342. The number of aromatic nitrogens is 5. The number of aryl methyl sites for hydroxylation is 1. The average molecular weight is 550 g/mol. The maximum atomic E-state index is 14.2. The van der Waals surface area contributed by atoms with Crippen LogP contribution in [0.2, 0.25) is 0 Å². The van der Waals surface area contributed by atoms with E-state index in [4.69, 9.17) is 4.74 Å². The van der Waals surface area contributed by atoms with Crippen molar-refractivity contribution in [2.75, 3.05) is 28.2 Å². The summed E-state index contributed by atoms with van der Waals surface area (Å²) in [6.07, 6.45) is 0.259. The second kappa shape index (κ2) is 10.2. The number of halogens is 5. The first kappa shape index (κ1) is 26.4. The van der Waals surface area contributed by atoms with Gasteiger partial charge in [0.25, 0.3) is 5.92 Å². The summed E-state index contributed by atoms with van der Waals surface area (Å²) in [7, 11) is 0. The highest BCUT2D eigenvalue weighted by atomic mass is 19.4. The van der Waals surface area contributed by atoms with Crippen LogP contribution in [0.15, 0.2) is 30.7 Å². The second-order valence-corrected chi connectivity index (χ2v) is 9.31. The summed E-state index contributed by atoms with van der Waals surface area (Å²) in [6, 6.07) is 2.72. The summed E-state index contributed by atoms with van der Waals surface area (Å²) in [5.41, 5.74) is 1.76. The minimum Gasteiger partial charge on any atom is -0.436 e. The molecular formula is C24H23F5N8O2. The maximum Gasteiger partial charge on any atom is 0.451 e. The Hall–Kier alpha value is -4.17. The van der Waals surface area contributed by atoms with Crippen LogP contribution in [0.4, 0.5) is 39.4 Å². The summed E-state index contributed by atoms with van der Waals surface area (Å²) in [4.78, 5) is 34.4. The van der Waals surface area contributed by atoms with Gasteiger partial charge in [-0.25, -0.2) is 28.7 Å². The van der Waals surface area contributed by atoms with Crippen LogP contribution in [-0.2, 0) is 23.9 Å². The SMILES string of the molecule is CC1CC(F)(F)CN1c1nc(NCc2ccc(Oc3cnc(C(F)(F)F)nc3)nc2)nc2c1N(C=O)CCC2. The number of fused-ring (bicyclic) bond motifs is 1. The molecule has 1 amide bonds. The third-order valence-corrected chi connectivity index (χ3v) is 6.32. The predicted molar refractivity (Wildman–Crippen MR) is 129 cm³/mol. The molecule has 0 spiro atoms. The van der Waals surface area contributed by atoms with E-state index in [0.29, 0.717) is 48.6 Å². The number of carbonyl (C=O) groups is 1. The number of nitrogens with one attached hydrogen (secondary N) is 1. The van der Waals surface area contributed by atoms with Crippen molar-refractivity contribution in [3.05, 3.63) is 47.8 Å². The highest BCUT2D eigenvalue weighted by Gasteiger charge is 2.45. The molecule has 15 heteroatoms. The van der Waals surface area contributed by atoms with Crippen LogP contribution in [0, 0.1) is 0 Å². The molecule has 0 saturated carbocycles. The number of rotatable bonds is 7. The summed E-state index contributed by atoms with van der Waals surface area (Å²) in [5.74, 6) is -3.52. The Labute approximate surface area is 219 Å². The van der Waals surface area contributed by atoms with E-state index in [0.717, 1.165) is 12.4 Å². The number of hydrogen-bond donors (Lipinski definition) is 1. The molecule has 1 unspecified atom stereocenters. The predicted octanol–water partition coefficient (Wildman–Crippen LogP) is 4.23. The Bertz CT molecular complexity index is 1340. The van der Waals surface area contributed by atoms with Gasteiger partial charge in [0, 0.05) is 37.8 Å². The van der Waals surface area contributed by atoms with Gasteiger partial charge >= 0.3 is 6.18 Å². The minimum atomic E-state index is -4.65. The molecule has 10 nitrogen and oxygen atoms in total. The molecule has 0 bridgehead atoms. The third kappa shape index (κ3) is 5.81. The number of amides is 1. The van der Waals surface area contributed by atoms with Crippen LogP contribution in [0.1, 0.15) is 36.8 Å². The molecule has 5 rings (SSSR count). The fraction of sp³-hybridized carbons (Fsp3) is 0.417. The second-order valence-electron chi connectivity index (χ2n) is 9.31. The van der Waals surface area contributed by atoms with E-state index < -0.39 is 30.5 Å². The molecule has 206 valence electrons. The van der Waals surface area contributed by atoms with Crippen molar-refractivity contribution < 1.29 is 31.5 Å². The van der Waals surface area contributed by atoms with Gasteiger partial charge in [-0.1, -0.05) is 6.07 Å². The first-order chi connectivity index (χ1) is 18.5. The number of hydrogen-bond acceptors (Lipinski definition) is 9. The zero-order valence-electron chi connectivity index (χ0n) is 20.6. The third-order valence-electron chi connectivity index (χ3n) is 6.32. The summed E-state index contributed by atoms with van der Waals surface area (Å²) >= 11 is 0. The van der Waals surface area contributed by atoms with Crippen LogP contribution >= 0.6 is 0 Å². The number of carbonyl (C=O) groups excluding carboxylic acids is 1. The lowest BCUT2D eigenvalue weighted by atomic mass is 10.1. The summed E-state index contributed by atoms with van der Waals surface area (Å²) < 4.78 is 71.6. The highest BCUT2D eigenvalue weighted by Crippen LogP contribution is 2.41. The maximum absolute atomic E-state index is 14.2. The van der Waals surface area contributed by atoms with Crippen molar-refractivity contribution in [1.29, 1.82) is 0 Å². The van der Waals surface area contributed by atoms with Gasteiger partial charge < -0.3 is 19.9 Å². The molecule has 0 aliphatic carbocycles. The molecule has 1 fully saturated rings. The van der Waals surface area contributed by atoms with Gasteiger partial charge in [0.05, 0.1) is 24.6 Å². The minimum absolute atomic E-state index is 0.0116. The van der Waals surface area contributed by atoms with Gasteiger partial charge in [-0.15, -0.1) is 0 Å². The number of nitrogens with zero attached hydrogens (tertiary/aromatic N) is 7. The summed E-state index contributed by atoms with van der Waals surface area (Å²) in [6.45, 7) is 1.89. The molecule has 5 heterocycles. The van der Waals surface area contributed by atoms with Crippen molar-refractivity contribution in [1.82, 2.24) is 24.9 Å². The Morgan fingerprint density at radius 2 is 1.92 bits per heavy atom. The Kier molecular flexibility index (Phi) is 6.91. The van der Waals surface area contributed by atoms with E-state index in [1.54, 1.807) is 13.0 Å². The molecule has 39 heavy (non-hydrogen) atoms. The molecule has 3 aromatic heterocycles. The van der Waals surface area contributed by atoms with Crippen molar-refractivity contribution in [2.24, 2.45) is 0 Å². The largest absolute Gasteiger partial charge is 0.451 e. The van der Waals surface area contributed by atoms with Gasteiger partial charge in [-0.05, 0) is 25.3 Å². The molecule has 1 atom stereocenters. The van der Waals surface area contributed by atoms with Crippen molar-refractivity contribution in [3.63, 3.8) is 0 Å². The molecular weight excluding hydrogens is 527 g/mol. The highest BCUT2D eigenvalue weighted by molar-refractivity contribution is 5.85. The van der Waals surface area contributed by atoms with E-state index in [2.05, 4.69) is 30.2 Å². The van der Waals surface area contributed by atoms with Gasteiger partial charge in [-0.2, -0.15) is 18.2 Å². The van der Waals surface area contributed by atoms with Crippen LogP contribution in [0.25, 0.3) is 0 Å². The van der Waals surface area contributed by atoms with Gasteiger partial charge in [-0.3, -0.25) is 4.79 Å². The fourth-order valence-corrected chi connectivity index (χ4v) is 4.56. The standard InChI is InChI=1S/C24H23F5N8O2/c1-14-7-23(25,26)12-37(14)20-19-17(3-2-6-36(19)13-38)34-22(35-20)33-9-15-4-5-18(30-8-15)39-16-10-31-21(32-11-16)24(27,28)29/h4-5,8,10-11,13-14H,2-3,6-7,9,12H2,1H3,(H,33,34,35). The van der Waals surface area contributed by atoms with Gasteiger partial charge in [0.2, 0.25) is 24.1 Å². The Morgan fingerprint density at radius 3 is 2.54 bits per heavy atom. The normalized spacial score (nSPS) is 18.6. The molecule has 1 saturated heterocycles. The molecule has 0 aromatic carbocycles. The fourth-order valence-electron chi connectivity index (χ4n) is 4.56. The van der Waals surface area contributed by atoms with Gasteiger partial charge in [0.1, 0.15) is 5.69 Å².